The van der Waals surface area contributed by atoms with Gasteiger partial charge in [0.1, 0.15) is 4.70 Å². The van der Waals surface area contributed by atoms with E-state index >= 15 is 0 Å². The zero-order valence-electron chi connectivity index (χ0n) is 16.1. The molecule has 1 atom stereocenters. The van der Waals surface area contributed by atoms with Crippen LogP contribution in [0.15, 0.2) is 45.7 Å². The predicted molar refractivity (Wildman–Crippen MR) is 121 cm³/mol. The molecule has 1 fully saturated rings. The quantitative estimate of drug-likeness (QED) is 0.408. The van der Waals surface area contributed by atoms with Crippen molar-refractivity contribution in [3.63, 3.8) is 0 Å². The second kappa shape index (κ2) is 8.90. The summed E-state index contributed by atoms with van der Waals surface area (Å²) in [5.74, 6) is 0.373. The number of rotatable bonds is 5. The number of likely N-dealkylation sites (tertiary alicyclic amines) is 1. The third kappa shape index (κ3) is 4.22. The number of carbonyl (C=O) groups is 1. The maximum Gasteiger partial charge on any atom is 0.276 e. The number of halogens is 1. The Labute approximate surface area is 182 Å². The molecule has 0 spiro atoms. The molecule has 1 aliphatic rings. The van der Waals surface area contributed by atoms with E-state index in [-0.39, 0.29) is 17.2 Å². The van der Waals surface area contributed by atoms with Gasteiger partial charge in [0.25, 0.3) is 5.56 Å². The third-order valence-electron chi connectivity index (χ3n) is 5.26. The summed E-state index contributed by atoms with van der Waals surface area (Å²) in [7, 11) is 0. The van der Waals surface area contributed by atoms with E-state index in [4.69, 9.17) is 11.6 Å². The van der Waals surface area contributed by atoms with E-state index in [0.717, 1.165) is 25.8 Å². The first-order chi connectivity index (χ1) is 14.1. The first-order valence-corrected chi connectivity index (χ1v) is 12.0. The Bertz CT molecular complexity index is 1090. The third-order valence-corrected chi connectivity index (χ3v) is 7.31. The van der Waals surface area contributed by atoms with Crippen molar-refractivity contribution in [1.29, 1.82) is 0 Å². The number of amides is 1. The average molecular weight is 448 g/mol. The number of thioether (sulfide) groups is 1. The van der Waals surface area contributed by atoms with Crippen molar-refractivity contribution in [3.8, 4) is 5.69 Å². The zero-order valence-corrected chi connectivity index (χ0v) is 18.5. The normalized spacial score (nSPS) is 17.0. The van der Waals surface area contributed by atoms with Crippen LogP contribution in [-0.4, -0.2) is 38.7 Å². The molecule has 29 heavy (non-hydrogen) atoms. The lowest BCUT2D eigenvalue weighted by Gasteiger charge is -2.35. The molecule has 3 heterocycles. The molecule has 0 N–H and O–H groups in total. The average Bonchev–Trinajstić information content (AvgIpc) is 3.21. The highest BCUT2D eigenvalue weighted by molar-refractivity contribution is 7.99. The molecule has 8 heteroatoms. The van der Waals surface area contributed by atoms with E-state index in [9.17, 15) is 9.59 Å². The fourth-order valence-electron chi connectivity index (χ4n) is 3.79. The molecule has 0 bridgehead atoms. The Morgan fingerprint density at radius 1 is 1.34 bits per heavy atom. The Balaban J connectivity index is 1.67. The van der Waals surface area contributed by atoms with E-state index in [0.29, 0.717) is 32.1 Å². The molecule has 4 rings (SSSR count). The summed E-state index contributed by atoms with van der Waals surface area (Å²) < 4.78 is 2.17. The summed E-state index contributed by atoms with van der Waals surface area (Å²) in [6.07, 6.45) is 4.28. The zero-order chi connectivity index (χ0) is 20.4. The molecule has 2 aromatic heterocycles. The molecule has 0 radical (unpaired) electrons. The molecular weight excluding hydrogens is 426 g/mol. The van der Waals surface area contributed by atoms with Crippen LogP contribution < -0.4 is 5.56 Å². The monoisotopic (exact) mass is 447 g/mol. The Morgan fingerprint density at radius 2 is 2.21 bits per heavy atom. The highest BCUT2D eigenvalue weighted by Crippen LogP contribution is 2.26. The van der Waals surface area contributed by atoms with Crippen molar-refractivity contribution >= 4 is 50.8 Å². The van der Waals surface area contributed by atoms with Crippen LogP contribution in [-0.2, 0) is 4.79 Å². The lowest BCUT2D eigenvalue weighted by atomic mass is 10.0. The van der Waals surface area contributed by atoms with Gasteiger partial charge in [0.2, 0.25) is 5.91 Å². The first-order valence-electron chi connectivity index (χ1n) is 9.77. The van der Waals surface area contributed by atoms with Crippen LogP contribution >= 0.6 is 34.7 Å². The molecule has 1 aromatic carbocycles. The first kappa shape index (κ1) is 20.4. The summed E-state index contributed by atoms with van der Waals surface area (Å²) >= 11 is 8.85. The molecule has 3 aromatic rings. The molecule has 1 aliphatic heterocycles. The van der Waals surface area contributed by atoms with Gasteiger partial charge in [-0.05, 0) is 55.3 Å². The van der Waals surface area contributed by atoms with Crippen LogP contribution in [0.25, 0.3) is 15.9 Å². The Morgan fingerprint density at radius 3 is 3.00 bits per heavy atom. The molecule has 1 amide bonds. The summed E-state index contributed by atoms with van der Waals surface area (Å²) in [4.78, 5) is 32.7. The second-order valence-electron chi connectivity index (χ2n) is 7.08. The van der Waals surface area contributed by atoms with E-state index in [1.165, 1.54) is 29.5 Å². The molecule has 1 saturated heterocycles. The summed E-state index contributed by atoms with van der Waals surface area (Å²) in [6, 6.07) is 9.31. The largest absolute Gasteiger partial charge is 0.339 e. The van der Waals surface area contributed by atoms with Crippen molar-refractivity contribution in [2.75, 3.05) is 12.3 Å². The number of fused-ring (bicyclic) bond motifs is 1. The van der Waals surface area contributed by atoms with Crippen molar-refractivity contribution < 1.29 is 4.79 Å². The van der Waals surface area contributed by atoms with Gasteiger partial charge in [-0.1, -0.05) is 36.4 Å². The smallest absolute Gasteiger partial charge is 0.276 e. The summed E-state index contributed by atoms with van der Waals surface area (Å²) in [5.41, 5.74) is 1.19. The minimum Gasteiger partial charge on any atom is -0.339 e. The highest BCUT2D eigenvalue weighted by atomic mass is 35.5. The molecule has 0 saturated carbocycles. The number of thiophene rings is 1. The molecular formula is C21H22ClN3O2S2. The highest BCUT2D eigenvalue weighted by Gasteiger charge is 2.26. The van der Waals surface area contributed by atoms with Crippen molar-refractivity contribution in [3.05, 3.63) is 51.1 Å². The van der Waals surface area contributed by atoms with Crippen LogP contribution in [0.1, 0.15) is 32.6 Å². The fourth-order valence-corrected chi connectivity index (χ4v) is 5.64. The van der Waals surface area contributed by atoms with Crippen molar-refractivity contribution in [2.45, 2.75) is 43.8 Å². The minimum atomic E-state index is -0.133. The van der Waals surface area contributed by atoms with Crippen LogP contribution in [0, 0.1) is 0 Å². The van der Waals surface area contributed by atoms with Gasteiger partial charge in [-0.25, -0.2) is 4.98 Å². The van der Waals surface area contributed by atoms with E-state index < -0.39 is 0 Å². The van der Waals surface area contributed by atoms with Crippen molar-refractivity contribution in [2.24, 2.45) is 0 Å². The van der Waals surface area contributed by atoms with Crippen molar-refractivity contribution in [1.82, 2.24) is 14.5 Å². The summed E-state index contributed by atoms with van der Waals surface area (Å²) in [5, 5.41) is 2.92. The maximum atomic E-state index is 13.1. The van der Waals surface area contributed by atoms with Gasteiger partial charge >= 0.3 is 0 Å². The van der Waals surface area contributed by atoms with Gasteiger partial charge in [-0.15, -0.1) is 11.3 Å². The van der Waals surface area contributed by atoms with Gasteiger partial charge in [0, 0.05) is 17.6 Å². The van der Waals surface area contributed by atoms with E-state index in [2.05, 4.69) is 11.9 Å². The van der Waals surface area contributed by atoms with E-state index in [1.54, 1.807) is 16.7 Å². The Hall–Kier alpha value is -1.83. The number of nitrogens with zero attached hydrogens (tertiary/aromatic N) is 3. The molecule has 152 valence electrons. The number of hydrogen-bond donors (Lipinski definition) is 0. The van der Waals surface area contributed by atoms with Gasteiger partial charge in [-0.3, -0.25) is 14.2 Å². The number of aromatic nitrogens is 2. The SMILES string of the molecule is CC[C@H]1CCCCN1C(=O)CSc1nc2ccsc2c(=O)n1-c1cccc(Cl)c1. The lowest BCUT2D eigenvalue weighted by molar-refractivity contribution is -0.132. The van der Waals surface area contributed by atoms with Crippen LogP contribution in [0.2, 0.25) is 5.02 Å². The fraction of sp³-hybridized carbons (Fsp3) is 0.381. The van der Waals surface area contributed by atoms with Gasteiger partial charge in [0.05, 0.1) is 17.0 Å². The topological polar surface area (TPSA) is 55.2 Å². The van der Waals surface area contributed by atoms with Crippen LogP contribution in [0.4, 0.5) is 0 Å². The predicted octanol–water partition coefficient (Wildman–Crippen LogP) is 4.98. The second-order valence-corrected chi connectivity index (χ2v) is 9.38. The maximum absolute atomic E-state index is 13.1. The van der Waals surface area contributed by atoms with E-state index in [1.807, 2.05) is 28.5 Å². The standard InChI is InChI=1S/C21H22ClN3O2S2/c1-2-15-7-3-4-10-24(15)18(26)13-29-21-23-17-9-11-28-19(17)20(27)25(21)16-8-5-6-14(22)12-16/h5-6,8-9,11-12,15H,2-4,7,10,13H2,1H3/t15-/m0/s1. The summed E-state index contributed by atoms with van der Waals surface area (Å²) in [6.45, 7) is 2.95. The molecule has 5 nitrogen and oxygen atoms in total. The van der Waals surface area contributed by atoms with Crippen LogP contribution in [0.5, 0.6) is 0 Å². The Kier molecular flexibility index (Phi) is 6.27. The number of carbonyl (C=O) groups excluding carboxylic acids is 1. The van der Waals surface area contributed by atoms with Gasteiger partial charge in [-0.2, -0.15) is 0 Å². The van der Waals surface area contributed by atoms with Crippen LogP contribution in [0.3, 0.4) is 0 Å². The van der Waals surface area contributed by atoms with Gasteiger partial charge < -0.3 is 4.90 Å². The number of benzene rings is 1. The number of piperidine rings is 1. The molecule has 0 aliphatic carbocycles. The minimum absolute atomic E-state index is 0.110. The number of hydrogen-bond acceptors (Lipinski definition) is 5. The lowest BCUT2D eigenvalue weighted by Crippen LogP contribution is -2.44. The van der Waals surface area contributed by atoms with Gasteiger partial charge in [0.15, 0.2) is 5.16 Å². The molecule has 0 unspecified atom stereocenters.